The van der Waals surface area contributed by atoms with E-state index in [2.05, 4.69) is 20.5 Å². The topological polar surface area (TPSA) is 90.9 Å². The van der Waals surface area contributed by atoms with E-state index in [-0.39, 0.29) is 24.8 Å². The summed E-state index contributed by atoms with van der Waals surface area (Å²) in [4.78, 5) is 14.8. The van der Waals surface area contributed by atoms with Crippen LogP contribution < -0.4 is 5.32 Å². The lowest BCUT2D eigenvalue weighted by Crippen LogP contribution is -2.27. The average Bonchev–Trinajstić information content (AvgIpc) is 2.64. The van der Waals surface area contributed by atoms with E-state index in [0.29, 0.717) is 5.16 Å². The van der Waals surface area contributed by atoms with Crippen LogP contribution in [0, 0.1) is 0 Å². The third kappa shape index (κ3) is 3.90. The normalized spacial score (nSPS) is 9.92. The first-order chi connectivity index (χ1) is 6.33. The lowest BCUT2D eigenvalue weighted by Gasteiger charge is -2.00. The number of nitrogens with zero attached hydrogens (tertiary/aromatic N) is 2. The Labute approximate surface area is 79.1 Å². The Morgan fingerprint density at radius 2 is 2.62 bits per heavy atom. The predicted octanol–water partition coefficient (Wildman–Crippen LogP) is -0.995. The molecule has 0 aliphatic heterocycles. The molecule has 0 atom stereocenters. The van der Waals surface area contributed by atoms with E-state index in [1.54, 1.807) is 0 Å². The van der Waals surface area contributed by atoms with Crippen LogP contribution in [0.4, 0.5) is 0 Å². The minimum Gasteiger partial charge on any atom is -0.395 e. The molecule has 1 aromatic rings. The lowest BCUT2D eigenvalue weighted by molar-refractivity contribution is -0.118. The van der Waals surface area contributed by atoms with Crippen molar-refractivity contribution in [3.8, 4) is 0 Å². The van der Waals surface area contributed by atoms with Crippen LogP contribution in [0.3, 0.4) is 0 Å². The molecule has 13 heavy (non-hydrogen) atoms. The summed E-state index contributed by atoms with van der Waals surface area (Å²) in [6.07, 6.45) is 1.38. The average molecular weight is 202 g/mol. The standard InChI is InChI=1S/C6H10N4O2S/c11-2-1-7-5(12)3-13-6-8-4-9-10-6/h4,11H,1-3H2,(H,7,12)(H,8,9,10). The molecular weight excluding hydrogens is 192 g/mol. The quantitative estimate of drug-likeness (QED) is 0.533. The van der Waals surface area contributed by atoms with Crippen LogP contribution in [0.15, 0.2) is 11.5 Å². The number of hydrogen-bond acceptors (Lipinski definition) is 5. The monoisotopic (exact) mass is 202 g/mol. The van der Waals surface area contributed by atoms with Crippen LogP contribution >= 0.6 is 11.8 Å². The summed E-state index contributed by atoms with van der Waals surface area (Å²) < 4.78 is 0. The van der Waals surface area contributed by atoms with Gasteiger partial charge in [-0.05, 0) is 0 Å². The van der Waals surface area contributed by atoms with E-state index in [0.717, 1.165) is 0 Å². The van der Waals surface area contributed by atoms with Gasteiger partial charge in [0.2, 0.25) is 5.91 Å². The Morgan fingerprint density at radius 3 is 3.23 bits per heavy atom. The summed E-state index contributed by atoms with van der Waals surface area (Å²) in [5.41, 5.74) is 0. The van der Waals surface area contributed by atoms with Crippen LogP contribution in [0.25, 0.3) is 0 Å². The SMILES string of the molecule is O=C(CSc1ncn[nH]1)NCCO. The van der Waals surface area contributed by atoms with Crippen molar-refractivity contribution in [1.82, 2.24) is 20.5 Å². The zero-order chi connectivity index (χ0) is 9.52. The minimum absolute atomic E-state index is 0.0429. The van der Waals surface area contributed by atoms with Crippen molar-refractivity contribution in [3.05, 3.63) is 6.33 Å². The number of aliphatic hydroxyl groups is 1. The molecule has 6 nitrogen and oxygen atoms in total. The highest BCUT2D eigenvalue weighted by Crippen LogP contribution is 2.08. The Kier molecular flexibility index (Phi) is 4.27. The Hall–Kier alpha value is -1.08. The molecule has 0 fully saturated rings. The smallest absolute Gasteiger partial charge is 0.230 e. The van der Waals surface area contributed by atoms with Gasteiger partial charge in [0.1, 0.15) is 6.33 Å². The van der Waals surface area contributed by atoms with Gasteiger partial charge in [0.15, 0.2) is 5.16 Å². The number of aliphatic hydroxyl groups excluding tert-OH is 1. The molecule has 0 saturated heterocycles. The van der Waals surface area contributed by atoms with E-state index in [4.69, 9.17) is 5.11 Å². The van der Waals surface area contributed by atoms with Crippen LogP contribution in [0.1, 0.15) is 0 Å². The summed E-state index contributed by atoms with van der Waals surface area (Å²) >= 11 is 1.26. The molecule has 3 N–H and O–H groups in total. The molecule has 72 valence electrons. The fraction of sp³-hybridized carbons (Fsp3) is 0.500. The van der Waals surface area contributed by atoms with Gasteiger partial charge in [-0.2, -0.15) is 5.10 Å². The van der Waals surface area contributed by atoms with Crippen molar-refractivity contribution in [2.24, 2.45) is 0 Å². The van der Waals surface area contributed by atoms with E-state index in [9.17, 15) is 4.79 Å². The molecule has 0 radical (unpaired) electrons. The van der Waals surface area contributed by atoms with E-state index in [1.807, 2.05) is 0 Å². The lowest BCUT2D eigenvalue weighted by atomic mass is 10.6. The number of thioether (sulfide) groups is 1. The van der Waals surface area contributed by atoms with E-state index < -0.39 is 0 Å². The predicted molar refractivity (Wildman–Crippen MR) is 47.2 cm³/mol. The summed E-state index contributed by atoms with van der Waals surface area (Å²) in [6.45, 7) is 0.245. The highest BCUT2D eigenvalue weighted by molar-refractivity contribution is 7.99. The van der Waals surface area contributed by atoms with Crippen molar-refractivity contribution < 1.29 is 9.90 Å². The fourth-order valence-electron chi connectivity index (χ4n) is 0.644. The maximum absolute atomic E-state index is 11.0. The molecule has 0 saturated carbocycles. The first kappa shape index (κ1) is 10.0. The number of aromatic nitrogens is 3. The molecule has 1 rings (SSSR count). The van der Waals surface area contributed by atoms with Crippen molar-refractivity contribution in [1.29, 1.82) is 0 Å². The first-order valence-electron chi connectivity index (χ1n) is 3.68. The van der Waals surface area contributed by atoms with Crippen LogP contribution in [0.2, 0.25) is 0 Å². The fourth-order valence-corrected chi connectivity index (χ4v) is 1.25. The number of rotatable bonds is 5. The van der Waals surface area contributed by atoms with Gasteiger partial charge in [0.25, 0.3) is 0 Å². The number of carbonyl (C=O) groups is 1. The number of aromatic amines is 1. The highest BCUT2D eigenvalue weighted by Gasteiger charge is 2.02. The maximum atomic E-state index is 11.0. The zero-order valence-electron chi connectivity index (χ0n) is 6.86. The largest absolute Gasteiger partial charge is 0.395 e. The minimum atomic E-state index is -0.129. The summed E-state index contributed by atoms with van der Waals surface area (Å²) in [7, 11) is 0. The number of hydrogen-bond donors (Lipinski definition) is 3. The van der Waals surface area contributed by atoms with Crippen molar-refractivity contribution in [3.63, 3.8) is 0 Å². The number of carbonyl (C=O) groups excluding carboxylic acids is 1. The van der Waals surface area contributed by atoms with Crippen molar-refractivity contribution >= 4 is 17.7 Å². The van der Waals surface area contributed by atoms with Crippen molar-refractivity contribution in [2.45, 2.75) is 5.16 Å². The second-order valence-corrected chi connectivity index (χ2v) is 3.12. The van der Waals surface area contributed by atoms with Gasteiger partial charge < -0.3 is 10.4 Å². The Morgan fingerprint density at radius 1 is 1.77 bits per heavy atom. The third-order valence-electron chi connectivity index (χ3n) is 1.17. The van der Waals surface area contributed by atoms with E-state index in [1.165, 1.54) is 18.1 Å². The summed E-state index contributed by atoms with van der Waals surface area (Å²) in [6, 6.07) is 0. The van der Waals surface area contributed by atoms with Crippen molar-refractivity contribution in [2.75, 3.05) is 18.9 Å². The Bertz CT molecular complexity index is 251. The molecule has 1 aromatic heterocycles. The van der Waals surface area contributed by atoms with Gasteiger partial charge in [-0.25, -0.2) is 4.98 Å². The van der Waals surface area contributed by atoms with Gasteiger partial charge in [-0.1, -0.05) is 11.8 Å². The summed E-state index contributed by atoms with van der Waals surface area (Å²) in [5, 5.41) is 17.8. The second kappa shape index (κ2) is 5.55. The first-order valence-corrected chi connectivity index (χ1v) is 4.67. The Balaban J connectivity index is 2.15. The van der Waals surface area contributed by atoms with Gasteiger partial charge in [-0.15, -0.1) is 0 Å². The zero-order valence-corrected chi connectivity index (χ0v) is 7.67. The molecule has 0 unspecified atom stereocenters. The molecule has 0 bridgehead atoms. The molecule has 1 amide bonds. The molecule has 0 aliphatic rings. The third-order valence-corrected chi connectivity index (χ3v) is 2.04. The number of nitrogens with one attached hydrogen (secondary N) is 2. The number of amides is 1. The van der Waals surface area contributed by atoms with E-state index >= 15 is 0 Å². The molecule has 1 heterocycles. The van der Waals surface area contributed by atoms with Crippen LogP contribution in [-0.2, 0) is 4.79 Å². The number of H-pyrrole nitrogens is 1. The van der Waals surface area contributed by atoms with Gasteiger partial charge >= 0.3 is 0 Å². The molecule has 0 aromatic carbocycles. The molecule has 0 aliphatic carbocycles. The van der Waals surface area contributed by atoms with Gasteiger partial charge in [-0.3, -0.25) is 9.89 Å². The maximum Gasteiger partial charge on any atom is 0.230 e. The van der Waals surface area contributed by atoms with Crippen LogP contribution in [-0.4, -0.2) is 45.1 Å². The van der Waals surface area contributed by atoms with Gasteiger partial charge in [0, 0.05) is 6.54 Å². The second-order valence-electron chi connectivity index (χ2n) is 2.15. The van der Waals surface area contributed by atoms with Gasteiger partial charge in [0.05, 0.1) is 12.4 Å². The highest BCUT2D eigenvalue weighted by atomic mass is 32.2. The molecule has 7 heteroatoms. The molecule has 0 spiro atoms. The van der Waals surface area contributed by atoms with Crippen LogP contribution in [0.5, 0.6) is 0 Å². The summed E-state index contributed by atoms with van der Waals surface area (Å²) in [5.74, 6) is 0.144. The molecular formula is C6H10N4O2S.